The molecule has 5 heteroatoms. The summed E-state index contributed by atoms with van der Waals surface area (Å²) in [6, 6.07) is 8.03. The highest BCUT2D eigenvalue weighted by Crippen LogP contribution is 2.18. The zero-order valence-electron chi connectivity index (χ0n) is 10.4. The van der Waals surface area contributed by atoms with Crippen LogP contribution in [0.5, 0.6) is 5.75 Å². The lowest BCUT2D eigenvalue weighted by Gasteiger charge is -2.08. The molecule has 0 fully saturated rings. The number of hydrogen-bond acceptors (Lipinski definition) is 3. The molecule has 0 amide bonds. The van der Waals surface area contributed by atoms with Crippen molar-refractivity contribution in [2.24, 2.45) is 0 Å². The van der Waals surface area contributed by atoms with Crippen molar-refractivity contribution < 1.29 is 13.5 Å². The summed E-state index contributed by atoms with van der Waals surface area (Å²) >= 11 is 1.72. The van der Waals surface area contributed by atoms with Crippen molar-refractivity contribution in [1.29, 1.82) is 0 Å². The first-order valence-corrected chi connectivity index (χ1v) is 6.95. The molecule has 2 rings (SSSR count). The molecule has 2 nitrogen and oxygen atoms in total. The van der Waals surface area contributed by atoms with Crippen LogP contribution >= 0.6 is 11.3 Å². The maximum atomic E-state index is 13.2. The summed E-state index contributed by atoms with van der Waals surface area (Å²) < 4.78 is 31.3. The van der Waals surface area contributed by atoms with Crippen LogP contribution < -0.4 is 10.1 Å². The van der Waals surface area contributed by atoms with Crippen molar-refractivity contribution in [2.45, 2.75) is 6.42 Å². The maximum absolute atomic E-state index is 13.2. The lowest BCUT2D eigenvalue weighted by atomic mass is 10.3. The Morgan fingerprint density at radius 3 is 2.79 bits per heavy atom. The van der Waals surface area contributed by atoms with Gasteiger partial charge in [0.15, 0.2) is 11.6 Å². The van der Waals surface area contributed by atoms with Crippen LogP contribution in [0.15, 0.2) is 35.7 Å². The van der Waals surface area contributed by atoms with Gasteiger partial charge in [0.05, 0.1) is 0 Å². The Bertz CT molecular complexity index is 502. The third kappa shape index (κ3) is 4.29. The largest absolute Gasteiger partial charge is 0.489 e. The van der Waals surface area contributed by atoms with Crippen LogP contribution in [0.2, 0.25) is 0 Å². The SMILES string of the molecule is Fc1cccc(OCCNCCc2cccs2)c1F. The predicted octanol–water partition coefficient (Wildman–Crippen LogP) is 3.24. The molecule has 0 saturated carbocycles. The summed E-state index contributed by atoms with van der Waals surface area (Å²) in [6.45, 7) is 1.75. The van der Waals surface area contributed by atoms with Crippen LogP contribution in [0.1, 0.15) is 4.88 Å². The molecule has 0 aliphatic carbocycles. The Labute approximate surface area is 115 Å². The van der Waals surface area contributed by atoms with E-state index in [2.05, 4.69) is 11.4 Å². The Balaban J connectivity index is 1.63. The highest BCUT2D eigenvalue weighted by molar-refractivity contribution is 7.09. The summed E-state index contributed by atoms with van der Waals surface area (Å²) in [4.78, 5) is 1.32. The number of thiophene rings is 1. The Morgan fingerprint density at radius 2 is 2.00 bits per heavy atom. The highest BCUT2D eigenvalue weighted by atomic mass is 32.1. The average Bonchev–Trinajstić information content (AvgIpc) is 2.91. The molecule has 0 aliphatic heterocycles. The topological polar surface area (TPSA) is 21.3 Å². The van der Waals surface area contributed by atoms with Crippen molar-refractivity contribution in [2.75, 3.05) is 19.7 Å². The minimum atomic E-state index is -0.930. The molecular formula is C14H15F2NOS. The minimum Gasteiger partial charge on any atom is -0.489 e. The maximum Gasteiger partial charge on any atom is 0.200 e. The first kappa shape index (κ1) is 14.0. The van der Waals surface area contributed by atoms with Crippen LogP contribution in [0.3, 0.4) is 0 Å². The number of ether oxygens (including phenoxy) is 1. The Kier molecular flexibility index (Phi) is 5.30. The van der Waals surface area contributed by atoms with Gasteiger partial charge >= 0.3 is 0 Å². The van der Waals surface area contributed by atoms with Gasteiger partial charge in [-0.1, -0.05) is 12.1 Å². The predicted molar refractivity (Wildman–Crippen MR) is 72.7 cm³/mol. The molecule has 102 valence electrons. The number of benzene rings is 1. The fourth-order valence-electron chi connectivity index (χ4n) is 1.62. The van der Waals surface area contributed by atoms with Crippen LogP contribution in [-0.2, 0) is 6.42 Å². The zero-order chi connectivity index (χ0) is 13.5. The number of hydrogen-bond donors (Lipinski definition) is 1. The summed E-state index contributed by atoms with van der Waals surface area (Å²) in [5, 5.41) is 5.24. The van der Waals surface area contributed by atoms with Gasteiger partial charge < -0.3 is 10.1 Å². The van der Waals surface area contributed by atoms with Crippen molar-refractivity contribution >= 4 is 11.3 Å². The van der Waals surface area contributed by atoms with E-state index in [1.165, 1.54) is 17.0 Å². The molecule has 1 aromatic heterocycles. The molecule has 0 aliphatic rings. The second kappa shape index (κ2) is 7.21. The van der Waals surface area contributed by atoms with Gasteiger partial charge in [0, 0.05) is 18.0 Å². The molecule has 1 aromatic carbocycles. The second-order valence-electron chi connectivity index (χ2n) is 3.98. The van der Waals surface area contributed by atoms with Gasteiger partial charge in [0.2, 0.25) is 5.82 Å². The fourth-order valence-corrected chi connectivity index (χ4v) is 2.33. The zero-order valence-corrected chi connectivity index (χ0v) is 11.2. The molecular weight excluding hydrogens is 268 g/mol. The smallest absolute Gasteiger partial charge is 0.200 e. The molecule has 0 saturated heterocycles. The van der Waals surface area contributed by atoms with Crippen LogP contribution in [0.4, 0.5) is 8.78 Å². The van der Waals surface area contributed by atoms with Crippen molar-refractivity contribution in [3.05, 3.63) is 52.2 Å². The van der Waals surface area contributed by atoms with E-state index in [0.29, 0.717) is 13.2 Å². The summed E-state index contributed by atoms with van der Waals surface area (Å²) in [5.74, 6) is -1.86. The van der Waals surface area contributed by atoms with Gasteiger partial charge in [-0.2, -0.15) is 4.39 Å². The molecule has 0 spiro atoms. The first-order valence-electron chi connectivity index (χ1n) is 6.07. The first-order chi connectivity index (χ1) is 9.27. The Morgan fingerprint density at radius 1 is 1.11 bits per heavy atom. The third-order valence-corrected chi connectivity index (χ3v) is 3.52. The minimum absolute atomic E-state index is 0.0416. The molecule has 1 N–H and O–H groups in total. The van der Waals surface area contributed by atoms with Gasteiger partial charge in [-0.15, -0.1) is 11.3 Å². The van der Waals surface area contributed by atoms with Crippen LogP contribution in [0, 0.1) is 11.6 Å². The van der Waals surface area contributed by atoms with E-state index in [9.17, 15) is 8.78 Å². The quantitative estimate of drug-likeness (QED) is 0.788. The second-order valence-corrected chi connectivity index (χ2v) is 5.01. The van der Waals surface area contributed by atoms with Gasteiger partial charge in [-0.25, -0.2) is 4.39 Å². The number of nitrogens with one attached hydrogen (secondary N) is 1. The molecule has 0 atom stereocenters. The van der Waals surface area contributed by atoms with E-state index in [4.69, 9.17) is 4.74 Å². The van der Waals surface area contributed by atoms with Gasteiger partial charge in [-0.3, -0.25) is 0 Å². The van der Waals surface area contributed by atoms with E-state index in [1.807, 2.05) is 11.4 Å². The van der Waals surface area contributed by atoms with Crippen molar-refractivity contribution in [3.8, 4) is 5.75 Å². The van der Waals surface area contributed by atoms with Gasteiger partial charge in [0.1, 0.15) is 6.61 Å². The normalized spacial score (nSPS) is 10.6. The van der Waals surface area contributed by atoms with E-state index in [0.717, 1.165) is 19.0 Å². The lowest BCUT2D eigenvalue weighted by molar-refractivity contribution is 0.293. The number of halogens is 2. The van der Waals surface area contributed by atoms with Crippen LogP contribution in [-0.4, -0.2) is 19.7 Å². The van der Waals surface area contributed by atoms with E-state index in [-0.39, 0.29) is 5.75 Å². The molecule has 0 unspecified atom stereocenters. The molecule has 2 aromatic rings. The van der Waals surface area contributed by atoms with Gasteiger partial charge in [-0.05, 0) is 30.0 Å². The van der Waals surface area contributed by atoms with E-state index < -0.39 is 11.6 Å². The Hall–Kier alpha value is -1.46. The summed E-state index contributed by atoms with van der Waals surface area (Å²) in [6.07, 6.45) is 0.964. The monoisotopic (exact) mass is 283 g/mol. The standard InChI is InChI=1S/C14H15F2NOS/c15-12-4-1-5-13(14(12)16)18-9-8-17-7-6-11-3-2-10-19-11/h1-5,10,17H,6-9H2. The molecule has 1 heterocycles. The van der Waals surface area contributed by atoms with Crippen molar-refractivity contribution in [3.63, 3.8) is 0 Å². The summed E-state index contributed by atoms with van der Waals surface area (Å²) in [5.41, 5.74) is 0. The molecule has 0 bridgehead atoms. The van der Waals surface area contributed by atoms with E-state index >= 15 is 0 Å². The summed E-state index contributed by atoms with van der Waals surface area (Å²) in [7, 11) is 0. The molecule has 19 heavy (non-hydrogen) atoms. The molecule has 0 radical (unpaired) electrons. The van der Waals surface area contributed by atoms with Crippen LogP contribution in [0.25, 0.3) is 0 Å². The lowest BCUT2D eigenvalue weighted by Crippen LogP contribution is -2.23. The van der Waals surface area contributed by atoms with Crippen molar-refractivity contribution in [1.82, 2.24) is 5.32 Å². The van der Waals surface area contributed by atoms with Gasteiger partial charge in [0.25, 0.3) is 0 Å². The van der Waals surface area contributed by atoms with E-state index in [1.54, 1.807) is 11.3 Å². The highest BCUT2D eigenvalue weighted by Gasteiger charge is 2.07. The number of rotatable bonds is 7. The fraction of sp³-hybridized carbons (Fsp3) is 0.286. The average molecular weight is 283 g/mol. The third-order valence-electron chi connectivity index (χ3n) is 2.58.